The fourth-order valence-corrected chi connectivity index (χ4v) is 3.33. The largest absolute Gasteiger partial charge is 0.491 e. The van der Waals surface area contributed by atoms with Gasteiger partial charge < -0.3 is 24.1 Å². The van der Waals surface area contributed by atoms with Gasteiger partial charge in [-0.3, -0.25) is 0 Å². The molecule has 2 aromatic rings. The maximum absolute atomic E-state index is 11.4. The molecular formula is C24H30O6. The van der Waals surface area contributed by atoms with Gasteiger partial charge in [-0.2, -0.15) is 0 Å². The summed E-state index contributed by atoms with van der Waals surface area (Å²) in [4.78, 5) is 11.4. The number of carbonyl (C=O) groups is 1. The molecule has 1 N–H and O–H groups in total. The fraction of sp³-hybridized carbons (Fsp3) is 0.458. The number of carbonyl (C=O) groups excluding carboxylic acids is 1. The van der Waals surface area contributed by atoms with E-state index >= 15 is 0 Å². The number of benzene rings is 2. The molecule has 4 unspecified atom stereocenters. The van der Waals surface area contributed by atoms with Gasteiger partial charge >= 0.3 is 5.97 Å². The van der Waals surface area contributed by atoms with Gasteiger partial charge in [0, 0.05) is 11.1 Å². The lowest BCUT2D eigenvalue weighted by Crippen LogP contribution is -2.31. The van der Waals surface area contributed by atoms with Crippen molar-refractivity contribution < 1.29 is 28.8 Å². The molecule has 0 amide bonds. The van der Waals surface area contributed by atoms with E-state index in [2.05, 4.69) is 26.5 Å². The summed E-state index contributed by atoms with van der Waals surface area (Å²) in [5.41, 5.74) is 1.29. The number of esters is 1. The monoisotopic (exact) mass is 414 g/mol. The van der Waals surface area contributed by atoms with Crippen LogP contribution in [0.1, 0.15) is 45.5 Å². The molecule has 0 aliphatic carbocycles. The lowest BCUT2D eigenvalue weighted by molar-refractivity contribution is -0.243. The van der Waals surface area contributed by atoms with Gasteiger partial charge in [0.05, 0.1) is 12.2 Å². The summed E-state index contributed by atoms with van der Waals surface area (Å²) in [5, 5.41) is 12.0. The van der Waals surface area contributed by atoms with Gasteiger partial charge in [-0.05, 0) is 55.7 Å². The smallest absolute Gasteiger partial charge is 0.333 e. The Kier molecular flexibility index (Phi) is 7.48. The predicted octanol–water partition coefficient (Wildman–Crippen LogP) is 4.30. The van der Waals surface area contributed by atoms with E-state index in [1.807, 2.05) is 30.3 Å². The molecule has 6 heteroatoms. The second-order valence-electron chi connectivity index (χ2n) is 7.79. The first-order chi connectivity index (χ1) is 14.4. The van der Waals surface area contributed by atoms with E-state index in [9.17, 15) is 9.90 Å². The lowest BCUT2D eigenvalue weighted by Gasteiger charge is -2.34. The van der Waals surface area contributed by atoms with Crippen molar-refractivity contribution in [2.45, 2.75) is 58.2 Å². The molecule has 0 aromatic heterocycles. The van der Waals surface area contributed by atoms with E-state index in [4.69, 9.17) is 18.9 Å². The highest BCUT2D eigenvalue weighted by molar-refractivity contribution is 5.87. The molecule has 0 saturated carbocycles. The second kappa shape index (κ2) is 10.1. The number of aliphatic hydroxyl groups is 1. The van der Waals surface area contributed by atoms with Crippen LogP contribution < -0.4 is 4.74 Å². The quantitative estimate of drug-likeness (QED) is 0.513. The molecule has 0 radical (unpaired) electrons. The Labute approximate surface area is 177 Å². The van der Waals surface area contributed by atoms with E-state index in [-0.39, 0.29) is 31.7 Å². The van der Waals surface area contributed by atoms with Gasteiger partial charge in [0.1, 0.15) is 25.1 Å². The number of hydrogen-bond acceptors (Lipinski definition) is 6. The van der Waals surface area contributed by atoms with Gasteiger partial charge in [0.25, 0.3) is 0 Å². The molecular weight excluding hydrogens is 384 g/mol. The van der Waals surface area contributed by atoms with Gasteiger partial charge in [0.2, 0.25) is 0 Å². The third-order valence-electron chi connectivity index (χ3n) is 5.03. The summed E-state index contributed by atoms with van der Waals surface area (Å²) in [5.74, 6) is 0.103. The normalized spacial score (nSPS) is 22.5. The SMILES string of the molecule is C=C(C)C(=O)OCC(O)COc1ccc2cc(C3OC(C)CC(CC)O3)ccc2c1. The summed E-state index contributed by atoms with van der Waals surface area (Å²) < 4.78 is 22.6. The van der Waals surface area contributed by atoms with Crippen LogP contribution in [0.2, 0.25) is 0 Å². The van der Waals surface area contributed by atoms with Crippen molar-refractivity contribution in [3.63, 3.8) is 0 Å². The van der Waals surface area contributed by atoms with Crippen LogP contribution in [0.25, 0.3) is 10.8 Å². The molecule has 0 spiro atoms. The predicted molar refractivity (Wildman–Crippen MR) is 114 cm³/mol. The maximum atomic E-state index is 11.4. The summed E-state index contributed by atoms with van der Waals surface area (Å²) in [6.45, 7) is 9.15. The third-order valence-corrected chi connectivity index (χ3v) is 5.03. The second-order valence-corrected chi connectivity index (χ2v) is 7.79. The average Bonchev–Trinajstić information content (AvgIpc) is 2.74. The minimum atomic E-state index is -0.916. The highest BCUT2D eigenvalue weighted by atomic mass is 16.7. The van der Waals surface area contributed by atoms with E-state index in [1.165, 1.54) is 0 Å². The van der Waals surface area contributed by atoms with E-state index in [0.29, 0.717) is 11.3 Å². The summed E-state index contributed by atoms with van der Waals surface area (Å²) in [6, 6.07) is 11.8. The van der Waals surface area contributed by atoms with Crippen LogP contribution in [0.5, 0.6) is 5.75 Å². The van der Waals surface area contributed by atoms with E-state index in [0.717, 1.165) is 29.2 Å². The van der Waals surface area contributed by atoms with Crippen molar-refractivity contribution >= 4 is 16.7 Å². The Hall–Kier alpha value is -2.41. The number of fused-ring (bicyclic) bond motifs is 1. The fourth-order valence-electron chi connectivity index (χ4n) is 3.33. The van der Waals surface area contributed by atoms with Crippen LogP contribution in [0.3, 0.4) is 0 Å². The van der Waals surface area contributed by atoms with Crippen LogP contribution in [0, 0.1) is 0 Å². The first-order valence-electron chi connectivity index (χ1n) is 10.3. The van der Waals surface area contributed by atoms with Crippen molar-refractivity contribution in [1.29, 1.82) is 0 Å². The number of ether oxygens (including phenoxy) is 4. The summed E-state index contributed by atoms with van der Waals surface area (Å²) >= 11 is 0. The molecule has 1 aliphatic rings. The summed E-state index contributed by atoms with van der Waals surface area (Å²) in [7, 11) is 0. The Morgan fingerprint density at radius 2 is 1.93 bits per heavy atom. The zero-order chi connectivity index (χ0) is 21.7. The molecule has 1 fully saturated rings. The van der Waals surface area contributed by atoms with Gasteiger partial charge in [-0.15, -0.1) is 0 Å². The van der Waals surface area contributed by atoms with Crippen LogP contribution in [-0.2, 0) is 19.0 Å². The molecule has 4 atom stereocenters. The van der Waals surface area contributed by atoms with Crippen molar-refractivity contribution in [3.8, 4) is 5.75 Å². The van der Waals surface area contributed by atoms with E-state index < -0.39 is 12.1 Å². The zero-order valence-electron chi connectivity index (χ0n) is 17.8. The van der Waals surface area contributed by atoms with Gasteiger partial charge in [-0.1, -0.05) is 31.7 Å². The number of hydrogen-bond donors (Lipinski definition) is 1. The Morgan fingerprint density at radius 3 is 2.67 bits per heavy atom. The standard InChI is InChI=1S/C24H30O6/c1-5-21-10-16(4)29-24(30-21)19-7-6-18-12-22(9-8-17(18)11-19)27-13-20(25)14-28-23(26)15(2)3/h6-9,11-12,16,20-21,24-25H,2,5,10,13-14H2,1,3-4H3. The number of rotatable bonds is 8. The first kappa shape index (κ1) is 22.3. The Morgan fingerprint density at radius 1 is 1.20 bits per heavy atom. The van der Waals surface area contributed by atoms with Crippen LogP contribution >= 0.6 is 0 Å². The molecule has 0 bridgehead atoms. The minimum absolute atomic E-state index is 0.0209. The minimum Gasteiger partial charge on any atom is -0.491 e. The molecule has 162 valence electrons. The first-order valence-corrected chi connectivity index (χ1v) is 10.3. The van der Waals surface area contributed by atoms with Crippen molar-refractivity contribution in [2.24, 2.45) is 0 Å². The molecule has 2 aromatic carbocycles. The molecule has 1 saturated heterocycles. The highest BCUT2D eigenvalue weighted by Crippen LogP contribution is 2.33. The molecule has 6 nitrogen and oxygen atoms in total. The van der Waals surface area contributed by atoms with Crippen LogP contribution in [0.15, 0.2) is 48.6 Å². The Bertz CT molecular complexity index is 892. The lowest BCUT2D eigenvalue weighted by atomic mass is 10.0. The number of aliphatic hydroxyl groups excluding tert-OH is 1. The molecule has 3 rings (SSSR count). The average molecular weight is 414 g/mol. The molecule has 1 aliphatic heterocycles. The van der Waals surface area contributed by atoms with Crippen LogP contribution in [0.4, 0.5) is 0 Å². The Balaban J connectivity index is 1.61. The topological polar surface area (TPSA) is 74.2 Å². The van der Waals surface area contributed by atoms with Gasteiger partial charge in [0.15, 0.2) is 6.29 Å². The highest BCUT2D eigenvalue weighted by Gasteiger charge is 2.27. The molecule has 1 heterocycles. The van der Waals surface area contributed by atoms with Crippen molar-refractivity contribution in [1.82, 2.24) is 0 Å². The molecule has 30 heavy (non-hydrogen) atoms. The zero-order valence-corrected chi connectivity index (χ0v) is 17.8. The van der Waals surface area contributed by atoms with Crippen LogP contribution in [-0.4, -0.2) is 42.6 Å². The summed E-state index contributed by atoms with van der Waals surface area (Å²) in [6.07, 6.45) is 1.00. The van der Waals surface area contributed by atoms with Crippen molar-refractivity contribution in [3.05, 3.63) is 54.1 Å². The van der Waals surface area contributed by atoms with E-state index in [1.54, 1.807) is 6.92 Å². The van der Waals surface area contributed by atoms with Gasteiger partial charge in [-0.25, -0.2) is 4.79 Å². The van der Waals surface area contributed by atoms with Crippen molar-refractivity contribution in [2.75, 3.05) is 13.2 Å². The maximum Gasteiger partial charge on any atom is 0.333 e. The third kappa shape index (κ3) is 5.81.